The number of aromatic nitrogens is 2. The van der Waals surface area contributed by atoms with Crippen LogP contribution < -0.4 is 5.32 Å². The first-order valence-electron chi connectivity index (χ1n) is 5.92. The van der Waals surface area contributed by atoms with Crippen LogP contribution in [0.2, 0.25) is 0 Å². The topological polar surface area (TPSA) is 60.2 Å². The molecule has 0 aliphatic heterocycles. The summed E-state index contributed by atoms with van der Waals surface area (Å²) < 4.78 is 10.8. The largest absolute Gasteiger partial charge is 0.408 e. The fourth-order valence-electron chi connectivity index (χ4n) is 1.20. The first-order chi connectivity index (χ1) is 8.22. The standard InChI is InChI=1S/C11H20ClN3O2/c1-9(2)8-16-7-3-6-13-11-15-14-10(17-11)4-5-12/h9H,3-8H2,1-2H3,(H,13,15). The molecule has 17 heavy (non-hydrogen) atoms. The van der Waals surface area contributed by atoms with Crippen LogP contribution in [0.15, 0.2) is 4.42 Å². The van der Waals surface area contributed by atoms with Crippen LogP contribution in [0.5, 0.6) is 0 Å². The van der Waals surface area contributed by atoms with E-state index in [0.717, 1.165) is 26.2 Å². The maximum atomic E-state index is 5.57. The van der Waals surface area contributed by atoms with Crippen LogP contribution in [0, 0.1) is 5.92 Å². The molecule has 1 rings (SSSR count). The van der Waals surface area contributed by atoms with Crippen molar-refractivity contribution >= 4 is 17.6 Å². The molecule has 5 nitrogen and oxygen atoms in total. The number of ether oxygens (including phenoxy) is 1. The van der Waals surface area contributed by atoms with Gasteiger partial charge in [-0.1, -0.05) is 18.9 Å². The molecule has 0 spiro atoms. The minimum absolute atomic E-state index is 0.453. The highest BCUT2D eigenvalue weighted by molar-refractivity contribution is 6.17. The lowest BCUT2D eigenvalue weighted by molar-refractivity contribution is 0.109. The van der Waals surface area contributed by atoms with Crippen LogP contribution in [0.4, 0.5) is 6.01 Å². The summed E-state index contributed by atoms with van der Waals surface area (Å²) in [5.74, 6) is 1.64. The fraction of sp³-hybridized carbons (Fsp3) is 0.818. The highest BCUT2D eigenvalue weighted by Crippen LogP contribution is 2.06. The minimum atomic E-state index is 0.453. The summed E-state index contributed by atoms with van der Waals surface area (Å²) >= 11 is 5.57. The van der Waals surface area contributed by atoms with Gasteiger partial charge in [0.2, 0.25) is 5.89 Å². The van der Waals surface area contributed by atoms with Crippen molar-refractivity contribution in [2.75, 3.05) is 31.0 Å². The van der Waals surface area contributed by atoms with Gasteiger partial charge in [-0.3, -0.25) is 0 Å². The molecule has 98 valence electrons. The smallest absolute Gasteiger partial charge is 0.315 e. The number of aryl methyl sites for hydroxylation is 1. The van der Waals surface area contributed by atoms with Gasteiger partial charge in [-0.2, -0.15) is 0 Å². The predicted molar refractivity (Wildman–Crippen MR) is 67.5 cm³/mol. The van der Waals surface area contributed by atoms with Gasteiger partial charge in [0.1, 0.15) is 0 Å². The Morgan fingerprint density at radius 3 is 2.94 bits per heavy atom. The van der Waals surface area contributed by atoms with Gasteiger partial charge in [0.25, 0.3) is 0 Å². The number of nitrogens with one attached hydrogen (secondary N) is 1. The lowest BCUT2D eigenvalue weighted by atomic mass is 10.2. The van der Waals surface area contributed by atoms with E-state index in [-0.39, 0.29) is 0 Å². The molecule has 0 amide bonds. The van der Waals surface area contributed by atoms with E-state index in [2.05, 4.69) is 29.4 Å². The van der Waals surface area contributed by atoms with Crippen molar-refractivity contribution in [1.82, 2.24) is 10.2 Å². The lowest BCUT2D eigenvalue weighted by Crippen LogP contribution is -2.08. The summed E-state index contributed by atoms with van der Waals surface area (Å²) in [5.41, 5.74) is 0. The molecule has 0 radical (unpaired) electrons. The summed E-state index contributed by atoms with van der Waals surface area (Å²) in [6.45, 7) is 6.58. The summed E-state index contributed by atoms with van der Waals surface area (Å²) in [6.07, 6.45) is 1.52. The Labute approximate surface area is 107 Å². The maximum absolute atomic E-state index is 5.57. The number of nitrogens with zero attached hydrogens (tertiary/aromatic N) is 2. The number of anilines is 1. The van der Waals surface area contributed by atoms with Gasteiger partial charge in [0.15, 0.2) is 0 Å². The second kappa shape index (κ2) is 8.31. The zero-order valence-electron chi connectivity index (χ0n) is 10.4. The van der Waals surface area contributed by atoms with E-state index in [4.69, 9.17) is 20.8 Å². The number of hydrogen-bond acceptors (Lipinski definition) is 5. The molecule has 1 N–H and O–H groups in total. The van der Waals surface area contributed by atoms with Crippen LogP contribution in [0.1, 0.15) is 26.2 Å². The molecular weight excluding hydrogens is 242 g/mol. The maximum Gasteiger partial charge on any atom is 0.315 e. The lowest BCUT2D eigenvalue weighted by Gasteiger charge is -2.06. The van der Waals surface area contributed by atoms with Crippen LogP contribution >= 0.6 is 11.6 Å². The van der Waals surface area contributed by atoms with E-state index in [1.807, 2.05) is 0 Å². The van der Waals surface area contributed by atoms with E-state index in [0.29, 0.717) is 30.1 Å². The molecule has 0 saturated carbocycles. The number of alkyl halides is 1. The Morgan fingerprint density at radius 1 is 1.41 bits per heavy atom. The third kappa shape index (κ3) is 6.48. The highest BCUT2D eigenvalue weighted by Gasteiger charge is 2.03. The molecule has 0 aromatic carbocycles. The third-order valence-electron chi connectivity index (χ3n) is 1.97. The van der Waals surface area contributed by atoms with Crippen LogP contribution in [-0.4, -0.2) is 35.8 Å². The second-order valence-electron chi connectivity index (χ2n) is 4.19. The van der Waals surface area contributed by atoms with Gasteiger partial charge in [0, 0.05) is 32.1 Å². The molecule has 1 heterocycles. The van der Waals surface area contributed by atoms with Crippen molar-refractivity contribution in [3.63, 3.8) is 0 Å². The van der Waals surface area contributed by atoms with E-state index in [1.54, 1.807) is 0 Å². The SMILES string of the molecule is CC(C)COCCCNc1nnc(CCCl)o1. The fourth-order valence-corrected chi connectivity index (χ4v) is 1.36. The zero-order valence-corrected chi connectivity index (χ0v) is 11.2. The molecular formula is C11H20ClN3O2. The van der Waals surface area contributed by atoms with Gasteiger partial charge >= 0.3 is 6.01 Å². The summed E-state index contributed by atoms with van der Waals surface area (Å²) in [6, 6.07) is 0.453. The minimum Gasteiger partial charge on any atom is -0.408 e. The quantitative estimate of drug-likeness (QED) is 0.546. The highest BCUT2D eigenvalue weighted by atomic mass is 35.5. The first kappa shape index (κ1) is 14.3. The van der Waals surface area contributed by atoms with Gasteiger partial charge in [0.05, 0.1) is 0 Å². The normalized spacial score (nSPS) is 11.1. The molecule has 0 fully saturated rings. The molecule has 1 aromatic heterocycles. The van der Waals surface area contributed by atoms with Gasteiger partial charge < -0.3 is 14.5 Å². The van der Waals surface area contributed by atoms with Crippen molar-refractivity contribution in [2.24, 2.45) is 5.92 Å². The second-order valence-corrected chi connectivity index (χ2v) is 4.57. The number of hydrogen-bond donors (Lipinski definition) is 1. The molecule has 6 heteroatoms. The molecule has 1 aromatic rings. The molecule has 0 bridgehead atoms. The Balaban J connectivity index is 2.05. The summed E-state index contributed by atoms with van der Waals surface area (Å²) in [4.78, 5) is 0. The van der Waals surface area contributed by atoms with Gasteiger partial charge in [-0.15, -0.1) is 16.7 Å². The predicted octanol–water partition coefficient (Wildman–Crippen LogP) is 2.33. The van der Waals surface area contributed by atoms with Crippen LogP contribution in [-0.2, 0) is 11.2 Å². The monoisotopic (exact) mass is 261 g/mol. The Hall–Kier alpha value is -0.810. The van der Waals surface area contributed by atoms with E-state index < -0.39 is 0 Å². The summed E-state index contributed by atoms with van der Waals surface area (Å²) in [5, 5.41) is 10.8. The van der Waals surface area contributed by atoms with Crippen molar-refractivity contribution in [1.29, 1.82) is 0 Å². The van der Waals surface area contributed by atoms with Crippen molar-refractivity contribution in [3.8, 4) is 0 Å². The third-order valence-corrected chi connectivity index (χ3v) is 2.16. The Morgan fingerprint density at radius 2 is 2.24 bits per heavy atom. The molecule has 0 unspecified atom stereocenters. The molecule has 0 atom stereocenters. The average Bonchev–Trinajstić information content (AvgIpc) is 2.71. The van der Waals surface area contributed by atoms with Crippen LogP contribution in [0.25, 0.3) is 0 Å². The van der Waals surface area contributed by atoms with Crippen LogP contribution in [0.3, 0.4) is 0 Å². The Kier molecular flexibility index (Phi) is 6.96. The number of rotatable bonds is 9. The van der Waals surface area contributed by atoms with E-state index >= 15 is 0 Å². The van der Waals surface area contributed by atoms with Gasteiger partial charge in [-0.05, 0) is 12.3 Å². The molecule has 0 saturated heterocycles. The Bertz CT molecular complexity index is 305. The van der Waals surface area contributed by atoms with E-state index in [9.17, 15) is 0 Å². The van der Waals surface area contributed by atoms with Gasteiger partial charge in [-0.25, -0.2) is 0 Å². The molecule has 0 aliphatic rings. The molecule has 0 aliphatic carbocycles. The van der Waals surface area contributed by atoms with Crippen molar-refractivity contribution < 1.29 is 9.15 Å². The average molecular weight is 262 g/mol. The van der Waals surface area contributed by atoms with E-state index in [1.165, 1.54) is 0 Å². The first-order valence-corrected chi connectivity index (χ1v) is 6.45. The van der Waals surface area contributed by atoms with Crippen molar-refractivity contribution in [2.45, 2.75) is 26.7 Å². The number of halogens is 1. The zero-order chi connectivity index (χ0) is 12.5. The summed E-state index contributed by atoms with van der Waals surface area (Å²) in [7, 11) is 0. The van der Waals surface area contributed by atoms with Crippen molar-refractivity contribution in [3.05, 3.63) is 5.89 Å².